The maximum absolute atomic E-state index is 13.4. The van der Waals surface area contributed by atoms with Crippen LogP contribution in [0.4, 0.5) is 0 Å². The van der Waals surface area contributed by atoms with Crippen LogP contribution in [0.15, 0.2) is 42.5 Å². The van der Waals surface area contributed by atoms with Crippen LogP contribution in [0.3, 0.4) is 0 Å². The number of hydrogen-bond donors (Lipinski definition) is 4. The van der Waals surface area contributed by atoms with Gasteiger partial charge in [0.05, 0.1) is 6.10 Å². The molecule has 37 heavy (non-hydrogen) atoms. The number of aliphatic hydroxyl groups excluding tert-OH is 1. The van der Waals surface area contributed by atoms with E-state index in [0.29, 0.717) is 25.9 Å². The van der Waals surface area contributed by atoms with E-state index < -0.39 is 23.6 Å². The number of likely N-dealkylation sites (tertiary alicyclic amines) is 1. The molecule has 2 unspecified atom stereocenters. The minimum absolute atomic E-state index is 0.0663. The molecule has 1 aliphatic rings. The van der Waals surface area contributed by atoms with Crippen molar-refractivity contribution in [2.75, 3.05) is 26.2 Å². The van der Waals surface area contributed by atoms with Gasteiger partial charge in [-0.05, 0) is 42.1 Å². The SMILES string of the molecule is CCCNCC(O)CNC(=O)[C@@H](Cc1ccc2ccccc2c1)NC(=O)C1CCCN1C(=O)C(C)(C)C. The largest absolute Gasteiger partial charge is 0.390 e. The van der Waals surface area contributed by atoms with Crippen molar-refractivity contribution < 1.29 is 19.5 Å². The molecule has 0 spiro atoms. The number of rotatable bonds is 11. The van der Waals surface area contributed by atoms with E-state index in [1.807, 2.05) is 70.2 Å². The third kappa shape index (κ3) is 8.01. The van der Waals surface area contributed by atoms with E-state index in [1.54, 1.807) is 4.90 Å². The van der Waals surface area contributed by atoms with Crippen molar-refractivity contribution in [3.63, 3.8) is 0 Å². The summed E-state index contributed by atoms with van der Waals surface area (Å²) in [7, 11) is 0. The maximum Gasteiger partial charge on any atom is 0.243 e. The normalized spacial score (nSPS) is 17.4. The monoisotopic (exact) mass is 510 g/mol. The predicted octanol–water partition coefficient (Wildman–Crippen LogP) is 2.38. The summed E-state index contributed by atoms with van der Waals surface area (Å²) in [6.45, 7) is 9.36. The Bertz CT molecular complexity index is 1080. The van der Waals surface area contributed by atoms with E-state index in [1.165, 1.54) is 0 Å². The number of benzene rings is 2. The van der Waals surface area contributed by atoms with Crippen LogP contribution in [-0.4, -0.2) is 72.1 Å². The molecule has 1 heterocycles. The molecule has 0 radical (unpaired) electrons. The van der Waals surface area contributed by atoms with Gasteiger partial charge >= 0.3 is 0 Å². The molecule has 2 aromatic rings. The van der Waals surface area contributed by atoms with Gasteiger partial charge in [-0.1, -0.05) is 70.2 Å². The van der Waals surface area contributed by atoms with Crippen LogP contribution in [-0.2, 0) is 20.8 Å². The molecule has 1 aliphatic heterocycles. The highest BCUT2D eigenvalue weighted by Crippen LogP contribution is 2.26. The van der Waals surface area contributed by atoms with Crippen molar-refractivity contribution in [3.8, 4) is 0 Å². The lowest BCUT2D eigenvalue weighted by molar-refractivity contribution is -0.145. The Labute approximate surface area is 220 Å². The molecule has 202 valence electrons. The van der Waals surface area contributed by atoms with Gasteiger partial charge in [-0.3, -0.25) is 14.4 Å². The predicted molar refractivity (Wildman–Crippen MR) is 146 cm³/mol. The molecule has 2 aromatic carbocycles. The lowest BCUT2D eigenvalue weighted by Gasteiger charge is -2.31. The van der Waals surface area contributed by atoms with Crippen LogP contribution in [0, 0.1) is 5.41 Å². The van der Waals surface area contributed by atoms with Crippen molar-refractivity contribution in [2.45, 2.75) is 71.6 Å². The first-order valence-electron chi connectivity index (χ1n) is 13.4. The summed E-state index contributed by atoms with van der Waals surface area (Å²) in [6.07, 6.45) is 1.83. The summed E-state index contributed by atoms with van der Waals surface area (Å²) < 4.78 is 0. The fourth-order valence-corrected chi connectivity index (χ4v) is 4.65. The molecule has 0 saturated carbocycles. The molecule has 1 saturated heterocycles. The van der Waals surface area contributed by atoms with Gasteiger partial charge in [-0.2, -0.15) is 0 Å². The van der Waals surface area contributed by atoms with Crippen LogP contribution >= 0.6 is 0 Å². The Morgan fingerprint density at radius 2 is 1.81 bits per heavy atom. The van der Waals surface area contributed by atoms with Gasteiger partial charge in [0.15, 0.2) is 0 Å². The molecule has 0 aromatic heterocycles. The molecule has 0 aliphatic carbocycles. The molecule has 0 bridgehead atoms. The van der Waals surface area contributed by atoms with Crippen LogP contribution in [0.5, 0.6) is 0 Å². The van der Waals surface area contributed by atoms with Gasteiger partial charge < -0.3 is 26.0 Å². The van der Waals surface area contributed by atoms with Gasteiger partial charge in [0.1, 0.15) is 12.1 Å². The molecule has 8 heteroatoms. The van der Waals surface area contributed by atoms with Crippen LogP contribution in [0.25, 0.3) is 10.8 Å². The molecule has 3 amide bonds. The standard InChI is InChI=1S/C29H42N4O4/c1-5-14-30-18-23(34)19-31-26(35)24(17-20-12-13-21-9-6-7-10-22(21)16-20)32-27(36)25-11-8-15-33(25)28(37)29(2,3)4/h6-7,9-10,12-13,16,23-25,30,34H,5,8,11,14-15,17-19H2,1-4H3,(H,31,35)(H,32,36)/t23?,24-,25?/m1/s1. The zero-order valence-corrected chi connectivity index (χ0v) is 22.5. The summed E-state index contributed by atoms with van der Waals surface area (Å²) in [4.78, 5) is 41.2. The first-order valence-corrected chi connectivity index (χ1v) is 13.4. The fraction of sp³-hybridized carbons (Fsp3) is 0.552. The second kappa shape index (κ2) is 13.0. The third-order valence-corrected chi connectivity index (χ3v) is 6.66. The Balaban J connectivity index is 1.74. The topological polar surface area (TPSA) is 111 Å². The summed E-state index contributed by atoms with van der Waals surface area (Å²) in [5, 5.41) is 21.2. The van der Waals surface area contributed by atoms with Gasteiger partial charge in [-0.25, -0.2) is 0 Å². The number of aliphatic hydroxyl groups is 1. The van der Waals surface area contributed by atoms with E-state index >= 15 is 0 Å². The Kier molecular flexibility index (Phi) is 10.1. The Morgan fingerprint density at radius 3 is 2.51 bits per heavy atom. The van der Waals surface area contributed by atoms with Crippen molar-refractivity contribution >= 4 is 28.5 Å². The third-order valence-electron chi connectivity index (χ3n) is 6.66. The first-order chi connectivity index (χ1) is 17.6. The van der Waals surface area contributed by atoms with E-state index in [0.717, 1.165) is 35.7 Å². The van der Waals surface area contributed by atoms with Crippen molar-refractivity contribution in [3.05, 3.63) is 48.0 Å². The minimum Gasteiger partial charge on any atom is -0.390 e. The van der Waals surface area contributed by atoms with Crippen LogP contribution in [0.1, 0.15) is 52.5 Å². The Hall–Kier alpha value is -2.97. The van der Waals surface area contributed by atoms with E-state index in [-0.39, 0.29) is 24.3 Å². The van der Waals surface area contributed by atoms with Crippen LogP contribution < -0.4 is 16.0 Å². The zero-order valence-electron chi connectivity index (χ0n) is 22.5. The summed E-state index contributed by atoms with van der Waals surface area (Å²) in [5.41, 5.74) is 0.325. The zero-order chi connectivity index (χ0) is 27.0. The first kappa shape index (κ1) is 28.6. The highest BCUT2D eigenvalue weighted by atomic mass is 16.3. The number of nitrogens with zero attached hydrogens (tertiary/aromatic N) is 1. The molecular formula is C29H42N4O4. The van der Waals surface area contributed by atoms with Crippen LogP contribution in [0.2, 0.25) is 0 Å². The van der Waals surface area contributed by atoms with Gasteiger partial charge in [0.2, 0.25) is 17.7 Å². The Morgan fingerprint density at radius 1 is 1.08 bits per heavy atom. The number of amides is 3. The lowest BCUT2D eigenvalue weighted by atomic mass is 9.94. The number of carbonyl (C=O) groups excluding carboxylic acids is 3. The summed E-state index contributed by atoms with van der Waals surface area (Å²) >= 11 is 0. The average Bonchev–Trinajstić information content (AvgIpc) is 3.36. The maximum atomic E-state index is 13.4. The van der Waals surface area contributed by atoms with E-state index in [4.69, 9.17) is 0 Å². The summed E-state index contributed by atoms with van der Waals surface area (Å²) in [5.74, 6) is -0.743. The molecule has 8 nitrogen and oxygen atoms in total. The summed E-state index contributed by atoms with van der Waals surface area (Å²) in [6, 6.07) is 12.5. The van der Waals surface area contributed by atoms with Gasteiger partial charge in [-0.15, -0.1) is 0 Å². The quantitative estimate of drug-likeness (QED) is 0.347. The smallest absolute Gasteiger partial charge is 0.243 e. The number of nitrogens with one attached hydrogen (secondary N) is 3. The van der Waals surface area contributed by atoms with E-state index in [9.17, 15) is 19.5 Å². The molecule has 3 atom stereocenters. The molecule has 3 rings (SSSR count). The number of carbonyl (C=O) groups is 3. The lowest BCUT2D eigenvalue weighted by Crippen LogP contribution is -2.55. The second-order valence-corrected chi connectivity index (χ2v) is 11.0. The van der Waals surface area contributed by atoms with Gasteiger partial charge in [0, 0.05) is 31.5 Å². The average molecular weight is 511 g/mol. The highest BCUT2D eigenvalue weighted by molar-refractivity contribution is 5.93. The van der Waals surface area contributed by atoms with Crippen molar-refractivity contribution in [1.29, 1.82) is 0 Å². The van der Waals surface area contributed by atoms with Crippen molar-refractivity contribution in [1.82, 2.24) is 20.9 Å². The van der Waals surface area contributed by atoms with E-state index in [2.05, 4.69) is 16.0 Å². The molecule has 1 fully saturated rings. The number of fused-ring (bicyclic) bond motifs is 1. The fourth-order valence-electron chi connectivity index (χ4n) is 4.65. The molecule has 4 N–H and O–H groups in total. The molecular weight excluding hydrogens is 468 g/mol. The number of hydrogen-bond acceptors (Lipinski definition) is 5. The minimum atomic E-state index is -0.836. The second-order valence-electron chi connectivity index (χ2n) is 11.0. The van der Waals surface area contributed by atoms with Crippen molar-refractivity contribution in [2.24, 2.45) is 5.41 Å². The highest BCUT2D eigenvalue weighted by Gasteiger charge is 2.39. The van der Waals surface area contributed by atoms with Gasteiger partial charge in [0.25, 0.3) is 0 Å².